The quantitative estimate of drug-likeness (QED) is 0.755. The van der Waals surface area contributed by atoms with E-state index >= 15 is 0 Å². The van der Waals surface area contributed by atoms with Crippen LogP contribution in [0.4, 0.5) is 0 Å². The summed E-state index contributed by atoms with van der Waals surface area (Å²) in [5, 5.41) is 0. The number of benzene rings is 1. The number of methoxy groups -OCH3 is 3. The number of carbonyl (C=O) groups is 1. The zero-order valence-electron chi connectivity index (χ0n) is 11.6. The first-order valence-electron chi connectivity index (χ1n) is 5.85. The molecule has 112 valence electrons. The van der Waals surface area contributed by atoms with E-state index in [0.29, 0.717) is 11.5 Å². The van der Waals surface area contributed by atoms with E-state index in [4.69, 9.17) is 19.9 Å². The molecule has 6 nitrogen and oxygen atoms in total. The molecule has 0 aromatic heterocycles. The molecular formula is C13H18BrNO5. The van der Waals surface area contributed by atoms with Gasteiger partial charge in [0.1, 0.15) is 6.61 Å². The van der Waals surface area contributed by atoms with Gasteiger partial charge in [-0.1, -0.05) is 15.9 Å². The van der Waals surface area contributed by atoms with E-state index in [1.807, 2.05) is 0 Å². The molecule has 7 heteroatoms. The van der Waals surface area contributed by atoms with Gasteiger partial charge >= 0.3 is 5.97 Å². The van der Waals surface area contributed by atoms with Crippen molar-refractivity contribution >= 4 is 21.9 Å². The van der Waals surface area contributed by atoms with E-state index in [0.717, 1.165) is 10.0 Å². The molecule has 20 heavy (non-hydrogen) atoms. The first kappa shape index (κ1) is 16.7. The Morgan fingerprint density at radius 3 is 2.40 bits per heavy atom. The summed E-state index contributed by atoms with van der Waals surface area (Å²) in [6.45, 7) is 0.0539. The third-order valence-corrected chi connectivity index (χ3v) is 3.33. The van der Waals surface area contributed by atoms with Crippen LogP contribution in [0.2, 0.25) is 0 Å². The van der Waals surface area contributed by atoms with E-state index in [1.165, 1.54) is 7.11 Å². The zero-order valence-corrected chi connectivity index (χ0v) is 13.2. The van der Waals surface area contributed by atoms with Gasteiger partial charge in [-0.15, -0.1) is 0 Å². The average Bonchev–Trinajstić information content (AvgIpc) is 2.46. The molecule has 0 radical (unpaired) electrons. The van der Waals surface area contributed by atoms with E-state index in [9.17, 15) is 4.79 Å². The van der Waals surface area contributed by atoms with E-state index in [2.05, 4.69) is 20.7 Å². The molecule has 0 aliphatic carbocycles. The summed E-state index contributed by atoms with van der Waals surface area (Å²) in [6.07, 6.45) is 0. The number of carbonyl (C=O) groups excluding carboxylic acids is 1. The summed E-state index contributed by atoms with van der Waals surface area (Å²) in [5.74, 6) is 0.739. The third-order valence-electron chi connectivity index (χ3n) is 2.65. The Balaban J connectivity index is 2.77. The lowest BCUT2D eigenvalue weighted by molar-refractivity contribution is -0.146. The lowest BCUT2D eigenvalue weighted by atomic mass is 10.1. The zero-order chi connectivity index (χ0) is 15.1. The maximum Gasteiger partial charge on any atom is 0.331 e. The molecule has 1 unspecified atom stereocenters. The second-order valence-corrected chi connectivity index (χ2v) is 4.78. The van der Waals surface area contributed by atoms with Crippen LogP contribution in [0.1, 0.15) is 11.6 Å². The van der Waals surface area contributed by atoms with Crippen LogP contribution in [-0.2, 0) is 14.3 Å². The number of halogens is 1. The van der Waals surface area contributed by atoms with Crippen molar-refractivity contribution in [2.75, 3.05) is 34.5 Å². The predicted molar refractivity (Wildman–Crippen MR) is 77.0 cm³/mol. The highest BCUT2D eigenvalue weighted by molar-refractivity contribution is 9.10. The standard InChI is InChI=1S/C13H18BrNO5/c1-17-11-4-8(9(14)5-12(11)18-2)10(15)6-20-7-13(16)19-3/h4-5,10H,6-7,15H2,1-3H3. The maximum atomic E-state index is 10.9. The van der Waals surface area contributed by atoms with Crippen LogP contribution in [0, 0.1) is 0 Å². The molecule has 2 N–H and O–H groups in total. The van der Waals surface area contributed by atoms with Gasteiger partial charge in [-0.05, 0) is 17.7 Å². The second kappa shape index (κ2) is 8.08. The van der Waals surface area contributed by atoms with Crippen LogP contribution < -0.4 is 15.2 Å². The van der Waals surface area contributed by atoms with Gasteiger partial charge in [-0.3, -0.25) is 0 Å². The van der Waals surface area contributed by atoms with Gasteiger partial charge in [0.15, 0.2) is 11.5 Å². The molecule has 1 aromatic rings. The van der Waals surface area contributed by atoms with Gasteiger partial charge in [-0.2, -0.15) is 0 Å². The summed E-state index contributed by atoms with van der Waals surface area (Å²) >= 11 is 3.42. The average molecular weight is 348 g/mol. The number of esters is 1. The monoisotopic (exact) mass is 347 g/mol. The highest BCUT2D eigenvalue weighted by Gasteiger charge is 2.16. The van der Waals surface area contributed by atoms with Crippen molar-refractivity contribution in [2.45, 2.75) is 6.04 Å². The summed E-state index contributed by atoms with van der Waals surface area (Å²) in [7, 11) is 4.41. The lowest BCUT2D eigenvalue weighted by Crippen LogP contribution is -2.21. The molecule has 0 spiro atoms. The SMILES string of the molecule is COC(=O)COCC(N)c1cc(OC)c(OC)cc1Br. The lowest BCUT2D eigenvalue weighted by Gasteiger charge is -2.17. The van der Waals surface area contributed by atoms with Gasteiger partial charge < -0.3 is 24.7 Å². The van der Waals surface area contributed by atoms with Crippen LogP contribution >= 0.6 is 15.9 Å². The summed E-state index contributed by atoms with van der Waals surface area (Å²) in [4.78, 5) is 10.9. The van der Waals surface area contributed by atoms with E-state index in [-0.39, 0.29) is 13.2 Å². The van der Waals surface area contributed by atoms with Gasteiger partial charge in [0.2, 0.25) is 0 Å². The number of nitrogens with two attached hydrogens (primary N) is 1. The number of hydrogen-bond acceptors (Lipinski definition) is 6. The largest absolute Gasteiger partial charge is 0.493 e. The normalized spacial score (nSPS) is 11.8. The molecule has 0 aliphatic heterocycles. The Kier molecular flexibility index (Phi) is 6.77. The minimum absolute atomic E-state index is 0.130. The van der Waals surface area contributed by atoms with Gasteiger partial charge in [0.05, 0.1) is 34.0 Å². The van der Waals surface area contributed by atoms with E-state index < -0.39 is 12.0 Å². The smallest absolute Gasteiger partial charge is 0.331 e. The first-order valence-corrected chi connectivity index (χ1v) is 6.64. The Morgan fingerprint density at radius 2 is 1.85 bits per heavy atom. The van der Waals surface area contributed by atoms with Crippen molar-refractivity contribution in [1.29, 1.82) is 0 Å². The molecule has 0 saturated heterocycles. The number of ether oxygens (including phenoxy) is 4. The Bertz CT molecular complexity index is 466. The number of hydrogen-bond donors (Lipinski definition) is 1. The van der Waals surface area contributed by atoms with Crippen LogP contribution in [0.5, 0.6) is 11.5 Å². The van der Waals surface area contributed by atoms with Crippen LogP contribution in [0.15, 0.2) is 16.6 Å². The van der Waals surface area contributed by atoms with Crippen molar-refractivity contribution in [3.8, 4) is 11.5 Å². The molecule has 1 rings (SSSR count). The molecule has 0 heterocycles. The highest BCUT2D eigenvalue weighted by Crippen LogP contribution is 2.35. The molecule has 0 fully saturated rings. The fourth-order valence-corrected chi connectivity index (χ4v) is 2.19. The molecule has 1 aromatic carbocycles. The fraction of sp³-hybridized carbons (Fsp3) is 0.462. The van der Waals surface area contributed by atoms with Crippen molar-refractivity contribution in [3.63, 3.8) is 0 Å². The summed E-state index contributed by atoms with van der Waals surface area (Å²) in [5.41, 5.74) is 6.83. The van der Waals surface area contributed by atoms with Gasteiger partial charge in [0, 0.05) is 4.47 Å². The summed E-state index contributed by atoms with van der Waals surface area (Å²) in [6, 6.07) is 3.14. The Hall–Kier alpha value is -1.31. The van der Waals surface area contributed by atoms with Crippen molar-refractivity contribution < 1.29 is 23.7 Å². The topological polar surface area (TPSA) is 80.0 Å². The van der Waals surface area contributed by atoms with Crippen LogP contribution in [0.3, 0.4) is 0 Å². The van der Waals surface area contributed by atoms with Gasteiger partial charge in [-0.25, -0.2) is 4.79 Å². The van der Waals surface area contributed by atoms with Crippen molar-refractivity contribution in [3.05, 3.63) is 22.2 Å². The van der Waals surface area contributed by atoms with Crippen molar-refractivity contribution in [2.24, 2.45) is 5.73 Å². The van der Waals surface area contributed by atoms with Crippen LogP contribution in [0.25, 0.3) is 0 Å². The Morgan fingerprint density at radius 1 is 1.25 bits per heavy atom. The number of rotatable bonds is 7. The highest BCUT2D eigenvalue weighted by atomic mass is 79.9. The van der Waals surface area contributed by atoms with Crippen LogP contribution in [-0.4, -0.2) is 40.5 Å². The second-order valence-electron chi connectivity index (χ2n) is 3.93. The molecule has 0 aliphatic rings. The summed E-state index contributed by atoms with van der Waals surface area (Å²) < 4.78 is 20.9. The first-order chi connectivity index (χ1) is 9.53. The van der Waals surface area contributed by atoms with Gasteiger partial charge in [0.25, 0.3) is 0 Å². The molecular weight excluding hydrogens is 330 g/mol. The maximum absolute atomic E-state index is 10.9. The minimum Gasteiger partial charge on any atom is -0.493 e. The molecule has 0 saturated carbocycles. The molecule has 1 atom stereocenters. The minimum atomic E-state index is -0.441. The molecule has 0 amide bonds. The Labute approximate surface area is 126 Å². The molecule has 0 bridgehead atoms. The fourth-order valence-electron chi connectivity index (χ4n) is 1.57. The van der Waals surface area contributed by atoms with Crippen molar-refractivity contribution in [1.82, 2.24) is 0 Å². The third kappa shape index (κ3) is 4.36. The predicted octanol–water partition coefficient (Wildman–Crippen LogP) is 1.66. The van der Waals surface area contributed by atoms with E-state index in [1.54, 1.807) is 26.4 Å².